The molecule has 0 saturated carbocycles. The molecule has 54 valence electrons. The zero-order chi connectivity index (χ0) is 6.72. The van der Waals surface area contributed by atoms with E-state index < -0.39 is 6.29 Å². The Bertz CT molecular complexity index is 202. The van der Waals surface area contributed by atoms with Crippen molar-refractivity contribution in [3.05, 3.63) is 0 Å². The first-order valence-corrected chi connectivity index (χ1v) is 3.32. The summed E-state index contributed by atoms with van der Waals surface area (Å²) in [6.45, 7) is 0.511. The molecule has 3 saturated heterocycles. The average molecular weight is 142 g/mol. The van der Waals surface area contributed by atoms with Crippen LogP contribution < -0.4 is 0 Å². The highest BCUT2D eigenvalue weighted by Crippen LogP contribution is 2.38. The third-order valence-electron chi connectivity index (χ3n) is 2.11. The van der Waals surface area contributed by atoms with Gasteiger partial charge < -0.3 is 14.2 Å². The Hall–Kier alpha value is -0.450. The van der Waals surface area contributed by atoms with Crippen molar-refractivity contribution in [1.29, 1.82) is 0 Å². The van der Waals surface area contributed by atoms with Crippen molar-refractivity contribution in [2.24, 2.45) is 0 Å². The molecule has 4 heteroatoms. The van der Waals surface area contributed by atoms with E-state index >= 15 is 0 Å². The summed E-state index contributed by atoms with van der Waals surface area (Å²) in [5.74, 6) is -0.0428. The molecular weight excluding hydrogens is 136 g/mol. The number of hydrogen-bond acceptors (Lipinski definition) is 4. The van der Waals surface area contributed by atoms with Crippen LogP contribution in [0.1, 0.15) is 0 Å². The van der Waals surface area contributed by atoms with Gasteiger partial charge in [0.05, 0.1) is 6.61 Å². The van der Waals surface area contributed by atoms with Crippen LogP contribution in [-0.2, 0) is 19.0 Å². The Morgan fingerprint density at radius 3 is 3.20 bits per heavy atom. The second-order valence-electron chi connectivity index (χ2n) is 2.76. The molecule has 3 fully saturated rings. The maximum absolute atomic E-state index is 11.0. The third kappa shape index (κ3) is 0.460. The van der Waals surface area contributed by atoms with Gasteiger partial charge in [-0.2, -0.15) is 0 Å². The van der Waals surface area contributed by atoms with Crippen molar-refractivity contribution in [2.45, 2.75) is 24.6 Å². The molecule has 0 aromatic heterocycles. The Morgan fingerprint density at radius 1 is 1.40 bits per heavy atom. The van der Waals surface area contributed by atoms with Crippen molar-refractivity contribution < 1.29 is 19.0 Å². The van der Waals surface area contributed by atoms with Gasteiger partial charge in [0.2, 0.25) is 12.1 Å². The van der Waals surface area contributed by atoms with Crippen molar-refractivity contribution in [3.63, 3.8) is 0 Å². The quantitative estimate of drug-likeness (QED) is 0.410. The lowest BCUT2D eigenvalue weighted by atomic mass is 10.1. The van der Waals surface area contributed by atoms with Gasteiger partial charge in [0.15, 0.2) is 6.10 Å². The summed E-state index contributed by atoms with van der Waals surface area (Å²) in [6.07, 6.45) is -0.793. The van der Waals surface area contributed by atoms with Crippen LogP contribution in [-0.4, -0.2) is 37.0 Å². The van der Waals surface area contributed by atoms with Crippen LogP contribution in [0, 0.1) is 0 Å². The van der Waals surface area contributed by atoms with Crippen molar-refractivity contribution in [3.8, 4) is 0 Å². The van der Waals surface area contributed by atoms with E-state index in [1.807, 2.05) is 0 Å². The first kappa shape index (κ1) is 5.23. The van der Waals surface area contributed by atoms with E-state index in [-0.39, 0.29) is 24.1 Å². The number of epoxide rings is 1. The minimum absolute atomic E-state index is 0.00579. The highest BCUT2D eigenvalue weighted by Gasteiger charge is 2.61. The number of rotatable bonds is 0. The Balaban J connectivity index is 1.98. The van der Waals surface area contributed by atoms with Crippen LogP contribution in [0.15, 0.2) is 0 Å². The fourth-order valence-electron chi connectivity index (χ4n) is 1.51. The summed E-state index contributed by atoms with van der Waals surface area (Å²) in [7, 11) is 0. The molecule has 3 aliphatic rings. The molecule has 0 spiro atoms. The highest BCUT2D eigenvalue weighted by molar-refractivity contribution is 5.90. The summed E-state index contributed by atoms with van der Waals surface area (Å²) < 4.78 is 15.3. The van der Waals surface area contributed by atoms with E-state index in [0.29, 0.717) is 6.61 Å². The van der Waals surface area contributed by atoms with Crippen molar-refractivity contribution in [2.75, 3.05) is 6.61 Å². The maximum atomic E-state index is 11.0. The van der Waals surface area contributed by atoms with Gasteiger partial charge in [-0.05, 0) is 0 Å². The SMILES string of the molecule is O=C1C2OC[C@@H](O2)[C@H]2O[C@@H]12. The minimum Gasteiger partial charge on any atom is -0.358 e. The molecule has 10 heavy (non-hydrogen) atoms. The molecule has 0 aliphatic carbocycles. The van der Waals surface area contributed by atoms with E-state index in [9.17, 15) is 4.79 Å². The molecule has 0 aromatic rings. The molecule has 3 rings (SSSR count). The minimum atomic E-state index is -0.617. The number of fused-ring (bicyclic) bond motifs is 4. The van der Waals surface area contributed by atoms with Crippen LogP contribution in [0.2, 0.25) is 0 Å². The fraction of sp³-hybridized carbons (Fsp3) is 0.833. The number of ketones is 1. The molecular formula is C6H6O4. The van der Waals surface area contributed by atoms with Crippen molar-refractivity contribution in [1.82, 2.24) is 0 Å². The summed E-state index contributed by atoms with van der Waals surface area (Å²) in [4.78, 5) is 11.0. The van der Waals surface area contributed by atoms with Crippen LogP contribution in [0.4, 0.5) is 0 Å². The molecule has 3 aliphatic heterocycles. The molecule has 0 amide bonds. The van der Waals surface area contributed by atoms with Crippen LogP contribution in [0.3, 0.4) is 0 Å². The van der Waals surface area contributed by atoms with E-state index in [2.05, 4.69) is 0 Å². The van der Waals surface area contributed by atoms with Crippen LogP contribution >= 0.6 is 0 Å². The van der Waals surface area contributed by atoms with Crippen LogP contribution in [0.25, 0.3) is 0 Å². The number of Topliss-reactive ketones (excluding diaryl/α,β-unsaturated/α-hetero) is 1. The smallest absolute Gasteiger partial charge is 0.221 e. The van der Waals surface area contributed by atoms with E-state index in [1.165, 1.54) is 0 Å². The van der Waals surface area contributed by atoms with Gasteiger partial charge in [0.25, 0.3) is 0 Å². The summed E-state index contributed by atoms with van der Waals surface area (Å²) >= 11 is 0. The Labute approximate surface area is 57.0 Å². The van der Waals surface area contributed by atoms with Gasteiger partial charge in [-0.15, -0.1) is 0 Å². The lowest BCUT2D eigenvalue weighted by Crippen LogP contribution is -2.35. The number of hydrogen-bond donors (Lipinski definition) is 0. The third-order valence-corrected chi connectivity index (χ3v) is 2.11. The van der Waals surface area contributed by atoms with Crippen molar-refractivity contribution >= 4 is 5.78 Å². The standard InChI is InChI=1S/C6H6O4/c7-3-5-4(10-5)2-1-8-6(3)9-2/h2,4-6H,1H2/t2-,4-,5+,6?/m1/s1. The first-order chi connectivity index (χ1) is 4.86. The predicted molar refractivity (Wildman–Crippen MR) is 28.3 cm³/mol. The number of ether oxygens (including phenoxy) is 3. The normalized spacial score (nSPS) is 56.6. The summed E-state index contributed by atoms with van der Waals surface area (Å²) in [5, 5.41) is 0. The molecule has 3 heterocycles. The van der Waals surface area contributed by atoms with Gasteiger partial charge in [-0.25, -0.2) is 0 Å². The van der Waals surface area contributed by atoms with Gasteiger partial charge in [-0.3, -0.25) is 4.79 Å². The lowest BCUT2D eigenvalue weighted by molar-refractivity contribution is -0.149. The zero-order valence-electron chi connectivity index (χ0n) is 5.15. The molecule has 0 aromatic carbocycles. The summed E-state index contributed by atoms with van der Waals surface area (Å²) in [6, 6.07) is 0. The lowest BCUT2D eigenvalue weighted by Gasteiger charge is -2.11. The second kappa shape index (κ2) is 1.42. The maximum Gasteiger partial charge on any atom is 0.221 e. The molecule has 0 radical (unpaired) electrons. The zero-order valence-corrected chi connectivity index (χ0v) is 5.15. The largest absolute Gasteiger partial charge is 0.358 e. The van der Waals surface area contributed by atoms with Gasteiger partial charge in [0.1, 0.15) is 12.2 Å². The fourth-order valence-corrected chi connectivity index (χ4v) is 1.51. The average Bonchev–Trinajstić information content (AvgIpc) is 2.61. The summed E-state index contributed by atoms with van der Waals surface area (Å²) in [5.41, 5.74) is 0. The van der Waals surface area contributed by atoms with Gasteiger partial charge in [0, 0.05) is 0 Å². The predicted octanol–water partition coefficient (Wildman–Crippen LogP) is -0.922. The number of carbonyl (C=O) groups excluding carboxylic acids is 1. The van der Waals surface area contributed by atoms with E-state index in [4.69, 9.17) is 14.2 Å². The topological polar surface area (TPSA) is 48.1 Å². The van der Waals surface area contributed by atoms with E-state index in [0.717, 1.165) is 0 Å². The Kier molecular flexibility index (Phi) is 0.741. The molecule has 4 nitrogen and oxygen atoms in total. The molecule has 4 atom stereocenters. The highest BCUT2D eigenvalue weighted by atomic mass is 16.8. The monoisotopic (exact) mass is 142 g/mol. The van der Waals surface area contributed by atoms with Crippen LogP contribution in [0.5, 0.6) is 0 Å². The Morgan fingerprint density at radius 2 is 2.30 bits per heavy atom. The molecule has 0 N–H and O–H groups in total. The van der Waals surface area contributed by atoms with E-state index in [1.54, 1.807) is 0 Å². The number of carbonyl (C=O) groups is 1. The first-order valence-electron chi connectivity index (χ1n) is 3.32. The molecule has 2 bridgehead atoms. The van der Waals surface area contributed by atoms with Gasteiger partial charge >= 0.3 is 0 Å². The molecule has 1 unspecified atom stereocenters. The van der Waals surface area contributed by atoms with Gasteiger partial charge in [-0.1, -0.05) is 0 Å². The second-order valence-corrected chi connectivity index (χ2v) is 2.76.